The van der Waals surface area contributed by atoms with Crippen LogP contribution in [0.15, 0.2) is 43.0 Å². The first-order valence-corrected chi connectivity index (χ1v) is 10.7. The first-order chi connectivity index (χ1) is 15.7. The highest BCUT2D eigenvalue weighted by Crippen LogP contribution is 2.30. The maximum Gasteiger partial charge on any atom is 0.417 e. The van der Waals surface area contributed by atoms with Crippen LogP contribution < -0.4 is 5.32 Å². The molecule has 2 atom stereocenters. The number of carbonyl (C=O) groups is 1. The van der Waals surface area contributed by atoms with Gasteiger partial charge in [0.2, 0.25) is 0 Å². The van der Waals surface area contributed by atoms with Crippen molar-refractivity contribution in [1.29, 1.82) is 0 Å². The average molecular weight is 459 g/mol. The molecule has 1 aliphatic heterocycles. The van der Waals surface area contributed by atoms with Gasteiger partial charge in [-0.25, -0.2) is 9.97 Å². The summed E-state index contributed by atoms with van der Waals surface area (Å²) in [5.74, 6) is 0.683. The van der Waals surface area contributed by atoms with Gasteiger partial charge >= 0.3 is 6.18 Å². The molecule has 11 heteroatoms. The number of aromatic nitrogens is 5. The molecule has 3 aromatic rings. The Balaban J connectivity index is 1.55. The molecule has 174 valence electrons. The van der Waals surface area contributed by atoms with E-state index in [1.165, 1.54) is 23.3 Å². The van der Waals surface area contributed by atoms with Gasteiger partial charge in [0.05, 0.1) is 29.6 Å². The lowest BCUT2D eigenvalue weighted by Gasteiger charge is -2.40. The summed E-state index contributed by atoms with van der Waals surface area (Å²) < 4.78 is 38.4. The SMILES string of the molecule is Cc1cnc(-n2nccn2)c(C(=O)N2CCC[C@@H](C)[C@H]2CNc2ccc(C(F)(F)F)cn2)c1. The van der Waals surface area contributed by atoms with Crippen molar-refractivity contribution >= 4 is 11.7 Å². The Bertz CT molecular complexity index is 1100. The van der Waals surface area contributed by atoms with E-state index in [2.05, 4.69) is 32.4 Å². The molecule has 1 fully saturated rings. The second kappa shape index (κ2) is 9.16. The van der Waals surface area contributed by atoms with Gasteiger partial charge in [0.25, 0.3) is 5.91 Å². The molecule has 4 rings (SSSR count). The zero-order chi connectivity index (χ0) is 23.6. The summed E-state index contributed by atoms with van der Waals surface area (Å²) in [6.07, 6.45) is 2.86. The number of hydrogen-bond donors (Lipinski definition) is 1. The van der Waals surface area contributed by atoms with Crippen LogP contribution in [0.4, 0.5) is 19.0 Å². The van der Waals surface area contributed by atoms with Crippen LogP contribution in [0, 0.1) is 12.8 Å². The van der Waals surface area contributed by atoms with Crippen LogP contribution in [0.25, 0.3) is 5.82 Å². The molecule has 0 unspecified atom stereocenters. The van der Waals surface area contributed by atoms with E-state index in [0.29, 0.717) is 30.3 Å². The van der Waals surface area contributed by atoms with Crippen molar-refractivity contribution in [1.82, 2.24) is 29.9 Å². The molecule has 1 N–H and O–H groups in total. The summed E-state index contributed by atoms with van der Waals surface area (Å²) in [7, 11) is 0. The zero-order valence-corrected chi connectivity index (χ0v) is 18.3. The van der Waals surface area contributed by atoms with Crippen molar-refractivity contribution in [2.75, 3.05) is 18.4 Å². The Hall–Kier alpha value is -3.50. The predicted octanol–water partition coefficient (Wildman–Crippen LogP) is 3.74. The van der Waals surface area contributed by atoms with Gasteiger partial charge < -0.3 is 10.2 Å². The van der Waals surface area contributed by atoms with Gasteiger partial charge in [-0.2, -0.15) is 23.4 Å². The molecule has 0 bridgehead atoms. The summed E-state index contributed by atoms with van der Waals surface area (Å²) in [5, 5.41) is 11.3. The van der Waals surface area contributed by atoms with Crippen LogP contribution in [0.5, 0.6) is 0 Å². The molecule has 1 amide bonds. The minimum Gasteiger partial charge on any atom is -0.368 e. The highest BCUT2D eigenvalue weighted by Gasteiger charge is 2.34. The average Bonchev–Trinajstić information content (AvgIpc) is 3.32. The van der Waals surface area contributed by atoms with Gasteiger partial charge in [0, 0.05) is 25.5 Å². The normalized spacial score (nSPS) is 18.9. The molecule has 0 aromatic carbocycles. The van der Waals surface area contributed by atoms with E-state index < -0.39 is 11.7 Å². The fourth-order valence-corrected chi connectivity index (χ4v) is 4.05. The molecule has 8 nitrogen and oxygen atoms in total. The summed E-state index contributed by atoms with van der Waals surface area (Å²) in [6.45, 7) is 4.85. The third kappa shape index (κ3) is 4.96. The molecule has 1 saturated heterocycles. The fraction of sp³-hybridized carbons (Fsp3) is 0.409. The van der Waals surface area contributed by atoms with E-state index in [0.717, 1.165) is 30.7 Å². The monoisotopic (exact) mass is 459 g/mol. The van der Waals surface area contributed by atoms with E-state index in [4.69, 9.17) is 0 Å². The number of piperidine rings is 1. The van der Waals surface area contributed by atoms with Crippen LogP contribution >= 0.6 is 0 Å². The Kier molecular flexibility index (Phi) is 6.30. The minimum atomic E-state index is -4.43. The van der Waals surface area contributed by atoms with Crippen LogP contribution in [0.2, 0.25) is 0 Å². The maximum absolute atomic E-state index is 13.6. The van der Waals surface area contributed by atoms with Crippen molar-refractivity contribution in [2.24, 2.45) is 5.92 Å². The number of likely N-dealkylation sites (tertiary alicyclic amines) is 1. The third-order valence-corrected chi connectivity index (χ3v) is 5.80. The Labute approximate surface area is 188 Å². The maximum atomic E-state index is 13.6. The molecule has 0 saturated carbocycles. The highest BCUT2D eigenvalue weighted by atomic mass is 19.4. The summed E-state index contributed by atoms with van der Waals surface area (Å²) in [6, 6.07) is 3.89. The second-order valence-corrected chi connectivity index (χ2v) is 8.20. The van der Waals surface area contributed by atoms with E-state index >= 15 is 0 Å². The fourth-order valence-electron chi connectivity index (χ4n) is 4.05. The van der Waals surface area contributed by atoms with E-state index in [1.807, 2.05) is 6.92 Å². The van der Waals surface area contributed by atoms with Gasteiger partial charge in [0.1, 0.15) is 5.82 Å². The van der Waals surface area contributed by atoms with Crippen LogP contribution in [0.1, 0.15) is 41.3 Å². The predicted molar refractivity (Wildman–Crippen MR) is 115 cm³/mol. The molecule has 0 radical (unpaired) electrons. The molecular weight excluding hydrogens is 435 g/mol. The Morgan fingerprint density at radius 3 is 2.61 bits per heavy atom. The number of halogens is 3. The molecule has 3 aromatic heterocycles. The van der Waals surface area contributed by atoms with Gasteiger partial charge in [0.15, 0.2) is 5.82 Å². The summed E-state index contributed by atoms with van der Waals surface area (Å²) in [5.41, 5.74) is 0.434. The summed E-state index contributed by atoms with van der Waals surface area (Å²) >= 11 is 0. The van der Waals surface area contributed by atoms with Crippen molar-refractivity contribution in [3.63, 3.8) is 0 Å². The minimum absolute atomic E-state index is 0.172. The van der Waals surface area contributed by atoms with Crippen molar-refractivity contribution in [2.45, 2.75) is 38.9 Å². The van der Waals surface area contributed by atoms with Crippen molar-refractivity contribution in [3.05, 3.63) is 59.7 Å². The molecular formula is C22H24F3N7O. The van der Waals surface area contributed by atoms with Crippen LogP contribution in [-0.4, -0.2) is 54.9 Å². The van der Waals surface area contributed by atoms with E-state index in [9.17, 15) is 18.0 Å². The largest absolute Gasteiger partial charge is 0.417 e. The highest BCUT2D eigenvalue weighted by molar-refractivity contribution is 5.97. The number of carbonyl (C=O) groups excluding carboxylic acids is 1. The quantitative estimate of drug-likeness (QED) is 0.625. The van der Waals surface area contributed by atoms with Crippen molar-refractivity contribution < 1.29 is 18.0 Å². The first-order valence-electron chi connectivity index (χ1n) is 10.7. The van der Waals surface area contributed by atoms with Crippen molar-refractivity contribution in [3.8, 4) is 5.82 Å². The number of aryl methyl sites for hydroxylation is 1. The van der Waals surface area contributed by atoms with Gasteiger partial charge in [-0.1, -0.05) is 6.92 Å². The smallest absolute Gasteiger partial charge is 0.368 e. The summed E-state index contributed by atoms with van der Waals surface area (Å²) in [4.78, 5) is 25.0. The molecule has 1 aliphatic rings. The van der Waals surface area contributed by atoms with Crippen LogP contribution in [0.3, 0.4) is 0 Å². The van der Waals surface area contributed by atoms with Crippen LogP contribution in [-0.2, 0) is 6.18 Å². The topological polar surface area (TPSA) is 88.8 Å². The Morgan fingerprint density at radius 1 is 1.18 bits per heavy atom. The van der Waals surface area contributed by atoms with E-state index in [1.54, 1.807) is 17.2 Å². The lowest BCUT2D eigenvalue weighted by Crippen LogP contribution is -2.51. The Morgan fingerprint density at radius 2 is 1.94 bits per heavy atom. The number of nitrogens with zero attached hydrogens (tertiary/aromatic N) is 6. The molecule has 33 heavy (non-hydrogen) atoms. The number of pyridine rings is 2. The van der Waals surface area contributed by atoms with Gasteiger partial charge in [-0.15, -0.1) is 4.80 Å². The second-order valence-electron chi connectivity index (χ2n) is 8.20. The molecule has 4 heterocycles. The standard InChI is InChI=1S/C22H24F3N7O/c1-14-10-17(20(28-11-14)32-29-7-8-30-32)21(33)31-9-3-4-15(2)18(31)13-27-19-6-5-16(12-26-19)22(23,24)25/h5-8,10-12,15,18H,3-4,9,13H2,1-2H3,(H,26,27)/t15-,18-/m1/s1. The number of hydrogen-bond acceptors (Lipinski definition) is 6. The molecule has 0 aliphatic carbocycles. The number of nitrogens with one attached hydrogen (secondary N) is 1. The third-order valence-electron chi connectivity index (χ3n) is 5.80. The number of amides is 1. The van der Waals surface area contributed by atoms with Gasteiger partial charge in [-0.3, -0.25) is 4.79 Å². The zero-order valence-electron chi connectivity index (χ0n) is 18.3. The number of anilines is 1. The lowest BCUT2D eigenvalue weighted by atomic mass is 9.90. The lowest BCUT2D eigenvalue weighted by molar-refractivity contribution is -0.137. The number of alkyl halides is 3. The van der Waals surface area contributed by atoms with Gasteiger partial charge in [-0.05, 0) is 49.4 Å². The number of rotatable bonds is 5. The van der Waals surface area contributed by atoms with E-state index in [-0.39, 0.29) is 17.9 Å². The first kappa shape index (κ1) is 22.7. The molecule has 0 spiro atoms.